The molecule has 2 aromatic heterocycles. The molecule has 0 radical (unpaired) electrons. The molecule has 0 saturated carbocycles. The SMILES string of the molecule is Cc1ccccc1Cn1c(CN2CCC[C@H](C)C2)nc2c1c(=O)n(C)c(=O)n2C. The maximum Gasteiger partial charge on any atom is 0.332 e. The Kier molecular flexibility index (Phi) is 5.17. The quantitative estimate of drug-likeness (QED) is 0.678. The minimum Gasteiger partial charge on any atom is -0.317 e. The summed E-state index contributed by atoms with van der Waals surface area (Å²) in [5.74, 6) is 1.51. The summed E-state index contributed by atoms with van der Waals surface area (Å²) >= 11 is 0. The third-order valence-electron chi connectivity index (χ3n) is 6.12. The number of imidazole rings is 1. The van der Waals surface area contributed by atoms with Gasteiger partial charge < -0.3 is 4.57 Å². The van der Waals surface area contributed by atoms with Crippen LogP contribution in [0, 0.1) is 12.8 Å². The van der Waals surface area contributed by atoms with Crippen LogP contribution in [0.5, 0.6) is 0 Å². The van der Waals surface area contributed by atoms with Crippen molar-refractivity contribution in [2.24, 2.45) is 20.0 Å². The molecule has 0 aliphatic carbocycles. The van der Waals surface area contributed by atoms with Crippen LogP contribution in [0.3, 0.4) is 0 Å². The van der Waals surface area contributed by atoms with Gasteiger partial charge in [-0.15, -0.1) is 0 Å². The summed E-state index contributed by atoms with van der Waals surface area (Å²) in [7, 11) is 3.21. The van der Waals surface area contributed by atoms with Crippen LogP contribution in [0.2, 0.25) is 0 Å². The van der Waals surface area contributed by atoms with Gasteiger partial charge in [0.05, 0.1) is 6.54 Å². The predicted molar refractivity (Wildman–Crippen MR) is 114 cm³/mol. The molecule has 7 nitrogen and oxygen atoms in total. The first-order chi connectivity index (χ1) is 13.9. The zero-order valence-corrected chi connectivity index (χ0v) is 17.7. The molecule has 1 saturated heterocycles. The van der Waals surface area contributed by atoms with Crippen LogP contribution in [0.1, 0.15) is 36.7 Å². The zero-order valence-electron chi connectivity index (χ0n) is 17.7. The smallest absolute Gasteiger partial charge is 0.317 e. The van der Waals surface area contributed by atoms with E-state index in [-0.39, 0.29) is 11.2 Å². The van der Waals surface area contributed by atoms with E-state index in [4.69, 9.17) is 4.98 Å². The molecule has 7 heteroatoms. The predicted octanol–water partition coefficient (Wildman–Crippen LogP) is 2.02. The average molecular weight is 396 g/mol. The van der Waals surface area contributed by atoms with Crippen LogP contribution in [-0.2, 0) is 27.2 Å². The van der Waals surface area contributed by atoms with Crippen molar-refractivity contribution in [2.75, 3.05) is 13.1 Å². The van der Waals surface area contributed by atoms with Crippen molar-refractivity contribution < 1.29 is 0 Å². The van der Waals surface area contributed by atoms with Crippen molar-refractivity contribution in [3.05, 3.63) is 62.1 Å². The fourth-order valence-electron chi connectivity index (χ4n) is 4.37. The highest BCUT2D eigenvalue weighted by atomic mass is 16.2. The third-order valence-corrected chi connectivity index (χ3v) is 6.12. The summed E-state index contributed by atoms with van der Waals surface area (Å²) in [5.41, 5.74) is 2.65. The summed E-state index contributed by atoms with van der Waals surface area (Å²) < 4.78 is 4.66. The minimum atomic E-state index is -0.346. The van der Waals surface area contributed by atoms with Gasteiger partial charge in [0.25, 0.3) is 5.56 Å². The molecule has 3 aromatic rings. The summed E-state index contributed by atoms with van der Waals surface area (Å²) in [6.07, 6.45) is 2.44. The Morgan fingerprint density at radius 1 is 1.10 bits per heavy atom. The van der Waals surface area contributed by atoms with Gasteiger partial charge in [-0.25, -0.2) is 9.78 Å². The number of nitrogens with zero attached hydrogens (tertiary/aromatic N) is 5. The molecule has 154 valence electrons. The molecule has 0 N–H and O–H groups in total. The van der Waals surface area contributed by atoms with Crippen LogP contribution in [0.15, 0.2) is 33.9 Å². The third kappa shape index (κ3) is 3.55. The van der Waals surface area contributed by atoms with Crippen LogP contribution in [0.25, 0.3) is 11.2 Å². The Balaban J connectivity index is 1.88. The Hall–Kier alpha value is -2.67. The lowest BCUT2D eigenvalue weighted by Gasteiger charge is -2.30. The number of aromatic nitrogens is 4. The summed E-state index contributed by atoms with van der Waals surface area (Å²) in [6, 6.07) is 8.19. The molecule has 0 unspecified atom stereocenters. The number of aryl methyl sites for hydroxylation is 2. The van der Waals surface area contributed by atoms with Gasteiger partial charge in [0.2, 0.25) is 0 Å². The maximum atomic E-state index is 13.0. The molecule has 1 aromatic carbocycles. The number of hydrogen-bond donors (Lipinski definition) is 0. The molecule has 29 heavy (non-hydrogen) atoms. The van der Waals surface area contributed by atoms with Crippen molar-refractivity contribution in [3.63, 3.8) is 0 Å². The number of benzene rings is 1. The van der Waals surface area contributed by atoms with Crippen molar-refractivity contribution in [3.8, 4) is 0 Å². The monoisotopic (exact) mass is 395 g/mol. The zero-order chi connectivity index (χ0) is 20.7. The highest BCUT2D eigenvalue weighted by Gasteiger charge is 2.23. The van der Waals surface area contributed by atoms with Crippen molar-refractivity contribution in [2.45, 2.75) is 39.8 Å². The summed E-state index contributed by atoms with van der Waals surface area (Å²) in [5, 5.41) is 0. The molecule has 1 aliphatic rings. The summed E-state index contributed by atoms with van der Waals surface area (Å²) in [6.45, 7) is 7.67. The molecule has 0 amide bonds. The maximum absolute atomic E-state index is 13.0. The minimum absolute atomic E-state index is 0.289. The number of hydrogen-bond acceptors (Lipinski definition) is 4. The van der Waals surface area contributed by atoms with E-state index in [9.17, 15) is 9.59 Å². The molecular weight excluding hydrogens is 366 g/mol. The highest BCUT2D eigenvalue weighted by Crippen LogP contribution is 2.21. The second-order valence-corrected chi connectivity index (χ2v) is 8.40. The van der Waals surface area contributed by atoms with Gasteiger partial charge in [0, 0.05) is 27.2 Å². The van der Waals surface area contributed by atoms with Gasteiger partial charge in [-0.2, -0.15) is 0 Å². The topological polar surface area (TPSA) is 65.1 Å². The number of likely N-dealkylation sites (tertiary alicyclic amines) is 1. The summed E-state index contributed by atoms with van der Waals surface area (Å²) in [4.78, 5) is 32.7. The lowest BCUT2D eigenvalue weighted by molar-refractivity contribution is 0.171. The van der Waals surface area contributed by atoms with Gasteiger partial charge in [0.15, 0.2) is 11.2 Å². The van der Waals surface area contributed by atoms with Gasteiger partial charge in [-0.3, -0.25) is 18.8 Å². The van der Waals surface area contributed by atoms with Crippen molar-refractivity contribution in [1.82, 2.24) is 23.6 Å². The Bertz CT molecular complexity index is 1170. The standard InChI is InChI=1S/C22H29N5O2/c1-15-8-7-11-26(12-15)14-18-23-20-19(21(28)25(4)22(29)24(20)3)27(18)13-17-10-6-5-9-16(17)2/h5-6,9-10,15H,7-8,11-14H2,1-4H3/t15-/m0/s1. The molecule has 1 fully saturated rings. The van der Waals surface area contributed by atoms with Gasteiger partial charge >= 0.3 is 5.69 Å². The van der Waals surface area contributed by atoms with E-state index in [1.54, 1.807) is 7.05 Å². The first-order valence-corrected chi connectivity index (χ1v) is 10.3. The van der Waals surface area contributed by atoms with Crippen molar-refractivity contribution in [1.29, 1.82) is 0 Å². The van der Waals surface area contributed by atoms with Gasteiger partial charge in [-0.05, 0) is 43.4 Å². The average Bonchev–Trinajstić information content (AvgIpc) is 3.04. The first-order valence-electron chi connectivity index (χ1n) is 10.3. The van der Waals surface area contributed by atoms with Crippen molar-refractivity contribution >= 4 is 11.2 Å². The van der Waals surface area contributed by atoms with E-state index in [0.29, 0.717) is 30.2 Å². The highest BCUT2D eigenvalue weighted by molar-refractivity contribution is 5.71. The second kappa shape index (κ2) is 7.63. The van der Waals surface area contributed by atoms with Crippen LogP contribution in [0.4, 0.5) is 0 Å². The molecule has 1 atom stereocenters. The van der Waals surface area contributed by atoms with E-state index < -0.39 is 0 Å². The van der Waals surface area contributed by atoms with Gasteiger partial charge in [-0.1, -0.05) is 31.2 Å². The molecular formula is C22H29N5O2. The second-order valence-electron chi connectivity index (χ2n) is 8.40. The lowest BCUT2D eigenvalue weighted by Crippen LogP contribution is -2.37. The Labute approximate surface area is 170 Å². The Morgan fingerprint density at radius 3 is 2.59 bits per heavy atom. The van der Waals surface area contributed by atoms with Crippen LogP contribution < -0.4 is 11.2 Å². The number of rotatable bonds is 4. The van der Waals surface area contributed by atoms with E-state index in [1.807, 2.05) is 16.7 Å². The molecule has 1 aliphatic heterocycles. The van der Waals surface area contributed by atoms with Crippen LogP contribution >= 0.6 is 0 Å². The van der Waals surface area contributed by atoms with E-state index in [0.717, 1.165) is 24.5 Å². The largest absolute Gasteiger partial charge is 0.332 e. The number of fused-ring (bicyclic) bond motifs is 1. The Morgan fingerprint density at radius 2 is 1.86 bits per heavy atom. The van der Waals surface area contributed by atoms with Gasteiger partial charge in [0.1, 0.15) is 5.82 Å². The fraction of sp³-hybridized carbons (Fsp3) is 0.500. The first kappa shape index (κ1) is 19.6. The number of piperidine rings is 1. The van der Waals surface area contributed by atoms with E-state index in [2.05, 4.69) is 30.9 Å². The van der Waals surface area contributed by atoms with E-state index in [1.165, 1.54) is 34.6 Å². The van der Waals surface area contributed by atoms with E-state index >= 15 is 0 Å². The molecule has 4 rings (SSSR count). The molecule has 0 bridgehead atoms. The lowest BCUT2D eigenvalue weighted by atomic mass is 10.0. The normalized spacial score (nSPS) is 17.9. The van der Waals surface area contributed by atoms with Crippen LogP contribution in [-0.4, -0.2) is 36.7 Å². The molecule has 3 heterocycles. The molecule has 0 spiro atoms. The fourth-order valence-corrected chi connectivity index (χ4v) is 4.37.